The Morgan fingerprint density at radius 3 is 2.56 bits per heavy atom. The topological polar surface area (TPSA) is 43.4 Å². The molecule has 25 heavy (non-hydrogen) atoms. The van der Waals surface area contributed by atoms with Crippen LogP contribution in [0.4, 0.5) is 13.2 Å². The van der Waals surface area contributed by atoms with Crippen LogP contribution in [-0.4, -0.2) is 28.9 Å². The van der Waals surface area contributed by atoms with Crippen molar-refractivity contribution in [1.82, 2.24) is 5.06 Å². The molecule has 2 rings (SSSR count). The Kier molecular flexibility index (Phi) is 7.62. The Labute approximate surface area is 150 Å². The molecular formula is C18H23F3NO2S-. The van der Waals surface area contributed by atoms with Crippen LogP contribution in [0.2, 0.25) is 0 Å². The molecule has 7 heteroatoms. The van der Waals surface area contributed by atoms with Gasteiger partial charge in [0.15, 0.2) is 0 Å². The Hall–Kier alpha value is -1.21. The predicted octanol–water partition coefficient (Wildman–Crippen LogP) is 5.07. The number of carbonyl (C=O) groups excluding carboxylic acids is 1. The summed E-state index contributed by atoms with van der Waals surface area (Å²) in [4.78, 5) is 10.8. The normalized spacial score (nSPS) is 16.0. The number of halogens is 3. The SMILES string of the molecule is O=C(N([O-])CCCc1cccc(CSC2CCCCC2)c1)C(F)(F)F. The highest BCUT2D eigenvalue weighted by atomic mass is 32.2. The van der Waals surface area contributed by atoms with Crippen LogP contribution in [0.25, 0.3) is 0 Å². The lowest BCUT2D eigenvalue weighted by Gasteiger charge is -2.28. The summed E-state index contributed by atoms with van der Waals surface area (Å²) < 4.78 is 36.4. The molecule has 1 amide bonds. The molecule has 0 unspecified atom stereocenters. The van der Waals surface area contributed by atoms with Crippen molar-refractivity contribution in [1.29, 1.82) is 0 Å². The first kappa shape index (κ1) is 20.1. The molecule has 0 spiro atoms. The highest BCUT2D eigenvalue weighted by molar-refractivity contribution is 7.99. The summed E-state index contributed by atoms with van der Waals surface area (Å²) in [6, 6.07) is 7.92. The molecule has 0 aromatic heterocycles. The zero-order valence-electron chi connectivity index (χ0n) is 14.1. The minimum absolute atomic E-state index is 0.213. The van der Waals surface area contributed by atoms with E-state index < -0.39 is 23.7 Å². The fourth-order valence-electron chi connectivity index (χ4n) is 2.99. The highest BCUT2D eigenvalue weighted by Crippen LogP contribution is 2.30. The zero-order valence-corrected chi connectivity index (χ0v) is 14.9. The number of benzene rings is 1. The molecule has 0 bridgehead atoms. The third-order valence-electron chi connectivity index (χ3n) is 4.32. The summed E-state index contributed by atoms with van der Waals surface area (Å²) in [6.07, 6.45) is 2.09. The number of hydroxylamine groups is 2. The van der Waals surface area contributed by atoms with Crippen LogP contribution >= 0.6 is 11.8 Å². The van der Waals surface area contributed by atoms with Crippen molar-refractivity contribution < 1.29 is 18.0 Å². The van der Waals surface area contributed by atoms with Crippen LogP contribution in [-0.2, 0) is 17.0 Å². The van der Waals surface area contributed by atoms with Gasteiger partial charge in [-0.2, -0.15) is 24.9 Å². The number of aryl methyl sites for hydroxylation is 1. The molecule has 0 atom stereocenters. The first-order chi connectivity index (χ1) is 11.9. The van der Waals surface area contributed by atoms with E-state index >= 15 is 0 Å². The second kappa shape index (κ2) is 9.48. The van der Waals surface area contributed by atoms with E-state index in [-0.39, 0.29) is 6.42 Å². The fourth-order valence-corrected chi connectivity index (χ4v) is 4.26. The van der Waals surface area contributed by atoms with E-state index in [0.717, 1.165) is 16.6 Å². The minimum Gasteiger partial charge on any atom is -0.756 e. The number of hydrogen-bond acceptors (Lipinski definition) is 3. The number of alkyl halides is 3. The van der Waals surface area contributed by atoms with Crippen LogP contribution in [0.5, 0.6) is 0 Å². The smallest absolute Gasteiger partial charge is 0.470 e. The van der Waals surface area contributed by atoms with Crippen LogP contribution in [0, 0.1) is 5.21 Å². The van der Waals surface area contributed by atoms with Gasteiger partial charge in [0.1, 0.15) is 0 Å². The number of rotatable bonds is 7. The minimum atomic E-state index is -5.10. The van der Waals surface area contributed by atoms with Gasteiger partial charge < -0.3 is 10.3 Å². The second-order valence-electron chi connectivity index (χ2n) is 6.40. The van der Waals surface area contributed by atoms with Gasteiger partial charge in [0, 0.05) is 17.5 Å². The van der Waals surface area contributed by atoms with Gasteiger partial charge in [0.25, 0.3) is 0 Å². The molecule has 0 N–H and O–H groups in total. The van der Waals surface area contributed by atoms with E-state index in [1.54, 1.807) is 0 Å². The van der Waals surface area contributed by atoms with Crippen molar-refractivity contribution in [3.63, 3.8) is 0 Å². The lowest BCUT2D eigenvalue weighted by molar-refractivity contribution is -0.182. The monoisotopic (exact) mass is 374 g/mol. The maximum Gasteiger partial charge on any atom is 0.470 e. The summed E-state index contributed by atoms with van der Waals surface area (Å²) in [5.74, 6) is -1.40. The summed E-state index contributed by atoms with van der Waals surface area (Å²) in [7, 11) is 0. The van der Waals surface area contributed by atoms with Gasteiger partial charge in [-0.25, -0.2) is 0 Å². The van der Waals surface area contributed by atoms with E-state index in [0.29, 0.717) is 6.42 Å². The predicted molar refractivity (Wildman–Crippen MR) is 94.1 cm³/mol. The van der Waals surface area contributed by atoms with Crippen molar-refractivity contribution in [2.75, 3.05) is 6.54 Å². The van der Waals surface area contributed by atoms with Gasteiger partial charge in [-0.05, 0) is 36.8 Å². The molecule has 3 nitrogen and oxygen atoms in total. The van der Waals surface area contributed by atoms with Gasteiger partial charge >= 0.3 is 12.1 Å². The average molecular weight is 374 g/mol. The molecule has 1 saturated carbocycles. The molecule has 0 aliphatic heterocycles. The van der Waals surface area contributed by atoms with Crippen LogP contribution in [0.3, 0.4) is 0 Å². The van der Waals surface area contributed by atoms with Crippen LogP contribution < -0.4 is 0 Å². The maximum absolute atomic E-state index is 12.1. The lowest BCUT2D eigenvalue weighted by Crippen LogP contribution is -2.37. The molecule has 1 aliphatic rings. The molecule has 1 aromatic carbocycles. The first-order valence-corrected chi connectivity index (χ1v) is 9.66. The molecule has 0 saturated heterocycles. The van der Waals surface area contributed by atoms with Gasteiger partial charge in [-0.1, -0.05) is 43.5 Å². The Morgan fingerprint density at radius 2 is 1.88 bits per heavy atom. The summed E-state index contributed by atoms with van der Waals surface area (Å²) in [5.41, 5.74) is 2.17. The summed E-state index contributed by atoms with van der Waals surface area (Å²) in [5, 5.41) is 11.4. The van der Waals surface area contributed by atoms with Crippen molar-refractivity contribution in [3.05, 3.63) is 40.6 Å². The van der Waals surface area contributed by atoms with Gasteiger partial charge in [0.2, 0.25) is 0 Å². The fraction of sp³-hybridized carbons (Fsp3) is 0.611. The molecule has 0 heterocycles. The van der Waals surface area contributed by atoms with Crippen molar-refractivity contribution in [3.8, 4) is 0 Å². The Morgan fingerprint density at radius 1 is 1.20 bits per heavy atom. The summed E-state index contributed by atoms with van der Waals surface area (Å²) in [6.45, 7) is -0.445. The van der Waals surface area contributed by atoms with Crippen molar-refractivity contribution in [2.24, 2.45) is 0 Å². The van der Waals surface area contributed by atoms with E-state index in [4.69, 9.17) is 0 Å². The first-order valence-electron chi connectivity index (χ1n) is 8.61. The van der Waals surface area contributed by atoms with Crippen molar-refractivity contribution >= 4 is 17.7 Å². The lowest BCUT2D eigenvalue weighted by atomic mass is 10.0. The van der Waals surface area contributed by atoms with E-state index in [9.17, 15) is 23.2 Å². The van der Waals surface area contributed by atoms with Gasteiger partial charge in [-0.3, -0.25) is 4.79 Å². The Bertz CT molecular complexity index is 559. The number of carbonyl (C=O) groups is 1. The molecule has 1 fully saturated rings. The second-order valence-corrected chi connectivity index (χ2v) is 7.69. The average Bonchev–Trinajstić information content (AvgIpc) is 2.59. The zero-order chi connectivity index (χ0) is 18.3. The third kappa shape index (κ3) is 6.90. The summed E-state index contributed by atoms with van der Waals surface area (Å²) >= 11 is 1.97. The highest BCUT2D eigenvalue weighted by Gasteiger charge is 2.39. The molecule has 0 radical (unpaired) electrons. The third-order valence-corrected chi connectivity index (χ3v) is 5.77. The number of thioether (sulfide) groups is 1. The van der Waals surface area contributed by atoms with Crippen LogP contribution in [0.15, 0.2) is 24.3 Å². The molecule has 1 aromatic rings. The van der Waals surface area contributed by atoms with Crippen LogP contribution in [0.1, 0.15) is 49.7 Å². The standard InChI is InChI=1S/C18H23F3NO2S/c19-18(20,21)17(23)22(24)11-5-8-14-6-4-7-15(12-14)13-25-16-9-2-1-3-10-16/h4,6-7,12,16H,1-3,5,8-11,13H2/q-1. The maximum atomic E-state index is 12.1. The molecular weight excluding hydrogens is 351 g/mol. The largest absolute Gasteiger partial charge is 0.756 e. The number of nitrogens with zero attached hydrogens (tertiary/aromatic N) is 1. The molecule has 140 valence electrons. The molecule has 1 aliphatic carbocycles. The van der Waals surface area contributed by atoms with E-state index in [1.807, 2.05) is 36.0 Å². The Balaban J connectivity index is 1.76. The van der Waals surface area contributed by atoms with Gasteiger partial charge in [-0.15, -0.1) is 0 Å². The number of amides is 1. The van der Waals surface area contributed by atoms with E-state index in [2.05, 4.69) is 0 Å². The van der Waals surface area contributed by atoms with Crippen molar-refractivity contribution in [2.45, 2.75) is 62.1 Å². The van der Waals surface area contributed by atoms with Gasteiger partial charge in [0.05, 0.1) is 0 Å². The number of hydrogen-bond donors (Lipinski definition) is 0. The quantitative estimate of drug-likeness (QED) is 0.626. The van der Waals surface area contributed by atoms with E-state index in [1.165, 1.54) is 37.7 Å².